The average molecular weight is 687 g/mol. The Hall–Kier alpha value is -4.03. The van der Waals surface area contributed by atoms with E-state index in [0.717, 1.165) is 12.1 Å². The third-order valence-corrected chi connectivity index (χ3v) is 8.38. The van der Waals surface area contributed by atoms with Gasteiger partial charge in [0.25, 0.3) is 0 Å². The monoisotopic (exact) mass is 686 g/mol. The fourth-order valence-corrected chi connectivity index (χ4v) is 5.91. The van der Waals surface area contributed by atoms with E-state index >= 15 is 0 Å². The van der Waals surface area contributed by atoms with Crippen molar-refractivity contribution in [3.05, 3.63) is 81.2 Å². The molecule has 2 saturated heterocycles. The zero-order valence-corrected chi connectivity index (χ0v) is 26.5. The van der Waals surface area contributed by atoms with Gasteiger partial charge in [-0.3, -0.25) is 9.59 Å². The Bertz CT molecular complexity index is 1730. The van der Waals surface area contributed by atoms with Crippen LogP contribution in [0, 0.1) is 6.92 Å². The van der Waals surface area contributed by atoms with Gasteiger partial charge in [0.15, 0.2) is 11.5 Å². The lowest BCUT2D eigenvalue weighted by atomic mass is 9.88. The molecule has 10 atom stereocenters. The highest BCUT2D eigenvalue weighted by Gasteiger charge is 2.50. The van der Waals surface area contributed by atoms with Gasteiger partial charge in [-0.2, -0.15) is 0 Å². The summed E-state index contributed by atoms with van der Waals surface area (Å²) >= 11 is 0. The minimum atomic E-state index is -1.88. The molecule has 3 aromatic rings. The van der Waals surface area contributed by atoms with Gasteiger partial charge < -0.3 is 59.1 Å². The molecular weight excluding hydrogens is 648 g/mol. The minimum Gasteiger partial charge on any atom is -0.461 e. The number of benzene rings is 2. The second-order valence-electron chi connectivity index (χ2n) is 12.0. The topological polar surface area (TPSA) is 243 Å². The third kappa shape index (κ3) is 7.60. The van der Waals surface area contributed by atoms with E-state index in [2.05, 4.69) is 0 Å². The number of esters is 1. The van der Waals surface area contributed by atoms with Crippen molar-refractivity contribution in [1.29, 1.82) is 0 Å². The minimum absolute atomic E-state index is 0.0257. The number of carbonyl (C=O) groups is 2. The summed E-state index contributed by atoms with van der Waals surface area (Å²) in [4.78, 5) is 38.6. The standard InChI is InChI=1S/C34H38O15/c1-15-10-20(47-34-30(44)28(42)26(40)22(14-36)48-34)25(31-24(15)19(38)12-18(45-31)11-16(2)37)32-33(29(43)27(41)21(13-35)46-32)49-23(39)9-8-17-6-4-3-5-7-17/h3-10,12,21-22,26-30,32-36,40-44H,11,13-14H2,1-2H3/b9-8+/t21-,22-,26-,27-,28+,29+,30-,32+,33-,34-/m1/s1. The fraction of sp³-hybridized carbons (Fsp3) is 0.441. The highest BCUT2D eigenvalue weighted by molar-refractivity contribution is 5.88. The summed E-state index contributed by atoms with van der Waals surface area (Å²) in [7, 11) is 0. The lowest BCUT2D eigenvalue weighted by Crippen LogP contribution is -2.60. The second kappa shape index (κ2) is 15.2. The molecule has 0 unspecified atom stereocenters. The van der Waals surface area contributed by atoms with Crippen molar-refractivity contribution in [2.75, 3.05) is 13.2 Å². The molecule has 7 N–H and O–H groups in total. The van der Waals surface area contributed by atoms with Crippen LogP contribution in [0.2, 0.25) is 0 Å². The first-order valence-corrected chi connectivity index (χ1v) is 15.5. The summed E-state index contributed by atoms with van der Waals surface area (Å²) in [5, 5.41) is 73.3. The molecule has 5 rings (SSSR count). The van der Waals surface area contributed by atoms with E-state index in [1.54, 1.807) is 30.3 Å². The Morgan fingerprint density at radius 2 is 1.53 bits per heavy atom. The van der Waals surface area contributed by atoms with Gasteiger partial charge in [-0.1, -0.05) is 30.3 Å². The van der Waals surface area contributed by atoms with Gasteiger partial charge in [0.05, 0.1) is 30.6 Å². The summed E-state index contributed by atoms with van der Waals surface area (Å²) in [6, 6.07) is 11.2. The first-order valence-electron chi connectivity index (χ1n) is 15.5. The number of aliphatic hydroxyl groups excluding tert-OH is 7. The Kier molecular flexibility index (Phi) is 11.3. The lowest BCUT2D eigenvalue weighted by molar-refractivity contribution is -0.278. The quantitative estimate of drug-likeness (QED) is 0.102. The molecule has 0 aliphatic carbocycles. The molecule has 15 nitrogen and oxygen atoms in total. The number of ketones is 1. The maximum Gasteiger partial charge on any atom is 0.331 e. The SMILES string of the molecule is CC(=O)Cc1cc(=O)c2c(C)cc(O[C@@H]3O[C@H](CO)[C@@H](O)[C@H](O)[C@H]3O)c([C@@H]3O[C@H](CO)[C@@H](O)[C@H](O)[C@H]3OC(=O)/C=C/c3ccccc3)c2o1. The highest BCUT2D eigenvalue weighted by atomic mass is 16.7. The smallest absolute Gasteiger partial charge is 0.331 e. The normalized spacial score (nSPS) is 30.4. The highest BCUT2D eigenvalue weighted by Crippen LogP contribution is 2.44. The van der Waals surface area contributed by atoms with Crippen molar-refractivity contribution in [1.82, 2.24) is 0 Å². The van der Waals surface area contributed by atoms with E-state index in [4.69, 9.17) is 23.4 Å². The van der Waals surface area contributed by atoms with E-state index in [-0.39, 0.29) is 45.8 Å². The van der Waals surface area contributed by atoms with Crippen molar-refractivity contribution in [3.8, 4) is 5.75 Å². The van der Waals surface area contributed by atoms with Crippen LogP contribution in [-0.4, -0.2) is 116 Å². The zero-order valence-electron chi connectivity index (χ0n) is 26.5. The summed E-state index contributed by atoms with van der Waals surface area (Å²) in [6.07, 6.45) is -14.8. The van der Waals surface area contributed by atoms with Crippen LogP contribution < -0.4 is 10.2 Å². The van der Waals surface area contributed by atoms with Crippen molar-refractivity contribution in [3.63, 3.8) is 0 Å². The number of hydrogen-bond donors (Lipinski definition) is 7. The molecule has 2 aliphatic rings. The van der Waals surface area contributed by atoms with Crippen LogP contribution >= 0.6 is 0 Å². The maximum absolute atomic E-state index is 13.4. The zero-order chi connectivity index (χ0) is 35.6. The molecule has 0 saturated carbocycles. The largest absolute Gasteiger partial charge is 0.461 e. The molecule has 2 aliphatic heterocycles. The van der Waals surface area contributed by atoms with Crippen molar-refractivity contribution >= 4 is 28.8 Å². The summed E-state index contributed by atoms with van der Waals surface area (Å²) in [5.74, 6) is -1.64. The third-order valence-electron chi connectivity index (χ3n) is 8.38. The first kappa shape index (κ1) is 36.3. The summed E-state index contributed by atoms with van der Waals surface area (Å²) in [5.41, 5.74) is -0.124. The van der Waals surface area contributed by atoms with E-state index in [9.17, 15) is 50.1 Å². The van der Waals surface area contributed by atoms with Crippen LogP contribution in [-0.2, 0) is 30.2 Å². The summed E-state index contributed by atoms with van der Waals surface area (Å²) in [6.45, 7) is 1.23. The molecule has 2 fully saturated rings. The molecule has 0 spiro atoms. The molecule has 49 heavy (non-hydrogen) atoms. The van der Waals surface area contributed by atoms with Crippen LogP contribution in [0.1, 0.15) is 35.5 Å². The molecule has 0 radical (unpaired) electrons. The number of Topliss-reactive ketones (excluding diaryl/α,β-unsaturated/α-hetero) is 1. The van der Waals surface area contributed by atoms with Gasteiger partial charge in [-0.25, -0.2) is 4.79 Å². The number of aryl methyl sites for hydroxylation is 1. The molecule has 0 bridgehead atoms. The Morgan fingerprint density at radius 3 is 2.18 bits per heavy atom. The van der Waals surface area contributed by atoms with Gasteiger partial charge in [-0.15, -0.1) is 0 Å². The molecular formula is C34H38O15. The summed E-state index contributed by atoms with van der Waals surface area (Å²) < 4.78 is 29.3. The number of ether oxygens (including phenoxy) is 4. The molecule has 3 heterocycles. The van der Waals surface area contributed by atoms with Crippen LogP contribution in [0.5, 0.6) is 5.75 Å². The Balaban J connectivity index is 1.68. The van der Waals surface area contributed by atoms with Crippen molar-refractivity contribution in [2.24, 2.45) is 0 Å². The number of hydrogen-bond acceptors (Lipinski definition) is 15. The van der Waals surface area contributed by atoms with Crippen molar-refractivity contribution < 1.29 is 68.7 Å². The van der Waals surface area contributed by atoms with E-state index in [1.807, 2.05) is 0 Å². The number of carbonyl (C=O) groups excluding carboxylic acids is 2. The van der Waals surface area contributed by atoms with Crippen LogP contribution in [0.25, 0.3) is 17.0 Å². The number of rotatable bonds is 10. The van der Waals surface area contributed by atoms with E-state index in [1.165, 1.54) is 26.0 Å². The lowest BCUT2D eigenvalue weighted by Gasteiger charge is -2.43. The Morgan fingerprint density at radius 1 is 0.878 bits per heavy atom. The van der Waals surface area contributed by atoms with Crippen molar-refractivity contribution in [2.45, 2.75) is 81.5 Å². The Labute approximate surface area is 279 Å². The second-order valence-corrected chi connectivity index (χ2v) is 12.0. The predicted molar refractivity (Wildman–Crippen MR) is 168 cm³/mol. The van der Waals surface area contributed by atoms with E-state index in [0.29, 0.717) is 5.56 Å². The number of fused-ring (bicyclic) bond motifs is 1. The van der Waals surface area contributed by atoms with Gasteiger partial charge in [0.1, 0.15) is 71.7 Å². The van der Waals surface area contributed by atoms with Gasteiger partial charge in [-0.05, 0) is 37.1 Å². The number of aliphatic hydroxyl groups is 7. The van der Waals surface area contributed by atoms with Gasteiger partial charge in [0, 0.05) is 12.1 Å². The van der Waals surface area contributed by atoms with Crippen LogP contribution in [0.15, 0.2) is 57.8 Å². The van der Waals surface area contributed by atoms with Gasteiger partial charge >= 0.3 is 5.97 Å². The van der Waals surface area contributed by atoms with E-state index < -0.39 is 85.8 Å². The van der Waals surface area contributed by atoms with Gasteiger partial charge in [0.2, 0.25) is 6.29 Å². The predicted octanol–water partition coefficient (Wildman–Crippen LogP) is -0.809. The molecule has 15 heteroatoms. The maximum atomic E-state index is 13.4. The molecule has 2 aromatic carbocycles. The molecule has 1 aromatic heterocycles. The first-order chi connectivity index (χ1) is 23.3. The van der Waals surface area contributed by atoms with Crippen LogP contribution in [0.4, 0.5) is 0 Å². The average Bonchev–Trinajstić information content (AvgIpc) is 3.06. The van der Waals surface area contributed by atoms with Crippen LogP contribution in [0.3, 0.4) is 0 Å². The molecule has 0 amide bonds. The fourth-order valence-electron chi connectivity index (χ4n) is 5.91. The molecule has 264 valence electrons.